The van der Waals surface area contributed by atoms with Gasteiger partial charge in [0.15, 0.2) is 5.96 Å². The van der Waals surface area contributed by atoms with Gasteiger partial charge >= 0.3 is 0 Å². The molecule has 1 unspecified atom stereocenters. The zero-order valence-corrected chi connectivity index (χ0v) is 14.3. The van der Waals surface area contributed by atoms with Gasteiger partial charge in [0, 0.05) is 24.6 Å². The number of nitrogens with zero attached hydrogens (tertiary/aromatic N) is 2. The number of aryl methyl sites for hydroxylation is 2. The highest BCUT2D eigenvalue weighted by molar-refractivity contribution is 14.0. The van der Waals surface area contributed by atoms with Crippen molar-refractivity contribution in [2.24, 2.45) is 10.7 Å². The molecule has 0 fully saturated rings. The summed E-state index contributed by atoms with van der Waals surface area (Å²) in [5, 5.41) is 6.94. The van der Waals surface area contributed by atoms with Crippen molar-refractivity contribution in [1.82, 2.24) is 10.5 Å². The van der Waals surface area contributed by atoms with E-state index in [1.807, 2.05) is 20.8 Å². The second-order valence-corrected chi connectivity index (χ2v) is 4.68. The second-order valence-electron chi connectivity index (χ2n) is 4.68. The largest absolute Gasteiger partial charge is 0.370 e. The average molecular weight is 378 g/mol. The molecule has 0 spiro atoms. The van der Waals surface area contributed by atoms with Crippen molar-refractivity contribution in [2.45, 2.75) is 33.6 Å². The van der Waals surface area contributed by atoms with Crippen LogP contribution in [0, 0.1) is 13.8 Å². The number of nitrogens with one attached hydrogen (secondary N) is 1. The zero-order valence-electron chi connectivity index (χ0n) is 12.0. The van der Waals surface area contributed by atoms with Gasteiger partial charge in [-0.15, -0.1) is 24.0 Å². The maximum atomic E-state index is 5.76. The monoisotopic (exact) mass is 378 g/mol. The van der Waals surface area contributed by atoms with E-state index in [-0.39, 0.29) is 29.9 Å². The summed E-state index contributed by atoms with van der Waals surface area (Å²) in [7, 11) is 0. The molecular formula is C13H23IN4O. The standard InChI is InChI=1S/C13H22N4O.HI/c1-8(2)6-15-13(14)16-7-9(3)12-10(4)17-18-11(12)5;/h9H,1,6-7H2,2-5H3,(H3,14,15,16);1H. The van der Waals surface area contributed by atoms with Gasteiger partial charge in [0.05, 0.1) is 5.69 Å². The summed E-state index contributed by atoms with van der Waals surface area (Å²) in [4.78, 5) is 4.31. The third kappa shape index (κ3) is 5.63. The molecule has 108 valence electrons. The highest BCUT2D eigenvalue weighted by atomic mass is 127. The van der Waals surface area contributed by atoms with Crippen molar-refractivity contribution < 1.29 is 4.52 Å². The van der Waals surface area contributed by atoms with E-state index in [2.05, 4.69) is 29.0 Å². The molecule has 3 N–H and O–H groups in total. The summed E-state index contributed by atoms with van der Waals surface area (Å²) in [5.74, 6) is 1.53. The first-order chi connectivity index (χ1) is 8.41. The molecular weight excluding hydrogens is 355 g/mol. The summed E-state index contributed by atoms with van der Waals surface area (Å²) in [6, 6.07) is 0. The Labute approximate surface area is 131 Å². The van der Waals surface area contributed by atoms with Crippen LogP contribution in [0.4, 0.5) is 0 Å². The Morgan fingerprint density at radius 3 is 2.63 bits per heavy atom. The minimum Gasteiger partial charge on any atom is -0.370 e. The van der Waals surface area contributed by atoms with Crippen LogP contribution in [0.1, 0.15) is 36.8 Å². The minimum atomic E-state index is 0. The first-order valence-electron chi connectivity index (χ1n) is 6.02. The summed E-state index contributed by atoms with van der Waals surface area (Å²) in [6.45, 7) is 12.9. The van der Waals surface area contributed by atoms with Gasteiger partial charge in [-0.25, -0.2) is 0 Å². The third-order valence-electron chi connectivity index (χ3n) is 2.69. The highest BCUT2D eigenvalue weighted by Gasteiger charge is 2.15. The quantitative estimate of drug-likeness (QED) is 0.357. The fourth-order valence-electron chi connectivity index (χ4n) is 1.82. The Balaban J connectivity index is 0.00000324. The molecule has 0 amide bonds. The van der Waals surface area contributed by atoms with Gasteiger partial charge in [-0.05, 0) is 20.8 Å². The first-order valence-corrected chi connectivity index (χ1v) is 6.02. The van der Waals surface area contributed by atoms with Crippen LogP contribution in [0.5, 0.6) is 0 Å². The maximum absolute atomic E-state index is 5.76. The van der Waals surface area contributed by atoms with E-state index in [9.17, 15) is 0 Å². The van der Waals surface area contributed by atoms with Crippen molar-refractivity contribution in [3.8, 4) is 0 Å². The normalized spacial score (nSPS) is 12.7. The lowest BCUT2D eigenvalue weighted by Crippen LogP contribution is -2.33. The number of hydrogen-bond acceptors (Lipinski definition) is 3. The molecule has 6 heteroatoms. The second kappa shape index (κ2) is 8.19. The van der Waals surface area contributed by atoms with E-state index in [4.69, 9.17) is 10.3 Å². The van der Waals surface area contributed by atoms with Crippen LogP contribution in [0.3, 0.4) is 0 Å². The molecule has 19 heavy (non-hydrogen) atoms. The van der Waals surface area contributed by atoms with Gasteiger partial charge in [-0.2, -0.15) is 0 Å². The van der Waals surface area contributed by atoms with Crippen LogP contribution in [0.25, 0.3) is 0 Å². The number of aromatic nitrogens is 1. The number of halogens is 1. The van der Waals surface area contributed by atoms with Crippen LogP contribution < -0.4 is 11.1 Å². The summed E-state index contributed by atoms with van der Waals surface area (Å²) in [6.07, 6.45) is 0. The van der Waals surface area contributed by atoms with E-state index in [0.29, 0.717) is 19.0 Å². The van der Waals surface area contributed by atoms with Crippen molar-refractivity contribution >= 4 is 29.9 Å². The molecule has 0 aliphatic heterocycles. The molecule has 5 nitrogen and oxygen atoms in total. The minimum absolute atomic E-state index is 0. The van der Waals surface area contributed by atoms with Gasteiger partial charge in [0.25, 0.3) is 0 Å². The zero-order chi connectivity index (χ0) is 13.7. The predicted octanol–water partition coefficient (Wildman–Crippen LogP) is 2.49. The first kappa shape index (κ1) is 17.9. The molecule has 0 bridgehead atoms. The van der Waals surface area contributed by atoms with Crippen molar-refractivity contribution in [3.05, 3.63) is 29.2 Å². The van der Waals surface area contributed by atoms with Crippen LogP contribution in [0.15, 0.2) is 21.7 Å². The summed E-state index contributed by atoms with van der Waals surface area (Å²) >= 11 is 0. The molecule has 0 aliphatic rings. The Kier molecular flexibility index (Phi) is 7.73. The molecule has 0 radical (unpaired) electrons. The van der Waals surface area contributed by atoms with Gasteiger partial charge in [0.2, 0.25) is 0 Å². The molecule has 1 aromatic heterocycles. The topological polar surface area (TPSA) is 76.4 Å². The maximum Gasteiger partial charge on any atom is 0.188 e. The summed E-state index contributed by atoms with van der Waals surface area (Å²) in [5.41, 5.74) is 8.82. The molecule has 1 rings (SSSR count). The van der Waals surface area contributed by atoms with Crippen molar-refractivity contribution in [2.75, 3.05) is 13.1 Å². The highest BCUT2D eigenvalue weighted by Crippen LogP contribution is 2.22. The van der Waals surface area contributed by atoms with Gasteiger partial charge < -0.3 is 15.6 Å². The Hall–Kier alpha value is -1.05. The van der Waals surface area contributed by atoms with Crippen molar-refractivity contribution in [3.63, 3.8) is 0 Å². The third-order valence-corrected chi connectivity index (χ3v) is 2.69. The van der Waals surface area contributed by atoms with E-state index < -0.39 is 0 Å². The SMILES string of the molecule is C=C(C)CNC(N)=NCC(C)c1c(C)noc1C.I. The number of hydrogen-bond donors (Lipinski definition) is 2. The fourth-order valence-corrected chi connectivity index (χ4v) is 1.82. The fraction of sp³-hybridized carbons (Fsp3) is 0.538. The van der Waals surface area contributed by atoms with Crippen LogP contribution in [0.2, 0.25) is 0 Å². The number of guanidine groups is 1. The molecule has 0 saturated carbocycles. The number of rotatable bonds is 5. The van der Waals surface area contributed by atoms with E-state index in [1.165, 1.54) is 0 Å². The van der Waals surface area contributed by atoms with Gasteiger partial charge in [0.1, 0.15) is 5.76 Å². The van der Waals surface area contributed by atoms with Crippen LogP contribution in [-0.2, 0) is 0 Å². The number of aliphatic imine (C=N–C) groups is 1. The van der Waals surface area contributed by atoms with Gasteiger partial charge in [-0.3, -0.25) is 4.99 Å². The molecule has 1 heterocycles. The molecule has 0 saturated heterocycles. The van der Waals surface area contributed by atoms with E-state index >= 15 is 0 Å². The van der Waals surface area contributed by atoms with E-state index in [1.54, 1.807) is 0 Å². The Morgan fingerprint density at radius 2 is 2.16 bits per heavy atom. The Morgan fingerprint density at radius 1 is 1.53 bits per heavy atom. The van der Waals surface area contributed by atoms with Gasteiger partial charge in [-0.1, -0.05) is 24.2 Å². The summed E-state index contributed by atoms with van der Waals surface area (Å²) < 4.78 is 5.15. The lowest BCUT2D eigenvalue weighted by atomic mass is 10.00. The van der Waals surface area contributed by atoms with Crippen LogP contribution >= 0.6 is 24.0 Å². The molecule has 1 atom stereocenters. The molecule has 0 aromatic carbocycles. The lowest BCUT2D eigenvalue weighted by molar-refractivity contribution is 0.391. The van der Waals surface area contributed by atoms with Crippen molar-refractivity contribution in [1.29, 1.82) is 0 Å². The predicted molar refractivity (Wildman–Crippen MR) is 89.1 cm³/mol. The Bertz CT molecular complexity index is 434. The van der Waals surface area contributed by atoms with Crippen LogP contribution in [-0.4, -0.2) is 24.2 Å². The molecule has 0 aliphatic carbocycles. The average Bonchev–Trinajstić information content (AvgIpc) is 2.63. The lowest BCUT2D eigenvalue weighted by Gasteiger charge is -2.09. The molecule has 1 aromatic rings. The smallest absolute Gasteiger partial charge is 0.188 e. The van der Waals surface area contributed by atoms with E-state index in [0.717, 1.165) is 22.6 Å². The number of nitrogens with two attached hydrogens (primary N) is 1.